The zero-order valence-corrected chi connectivity index (χ0v) is 14.6. The van der Waals surface area contributed by atoms with E-state index in [1.54, 1.807) is 11.7 Å². The van der Waals surface area contributed by atoms with E-state index in [1.807, 2.05) is 6.92 Å². The molecule has 0 aliphatic carbocycles. The summed E-state index contributed by atoms with van der Waals surface area (Å²) in [7, 11) is 1.74. The number of nitrogens with zero attached hydrogens (tertiary/aromatic N) is 5. The first-order chi connectivity index (χ1) is 12.0. The first kappa shape index (κ1) is 17.6. The Balaban J connectivity index is 1.51. The summed E-state index contributed by atoms with van der Waals surface area (Å²) < 4.78 is 8.33. The molecule has 0 spiro atoms. The van der Waals surface area contributed by atoms with Crippen molar-refractivity contribution in [1.82, 2.24) is 29.5 Å². The molecule has 9 heteroatoms. The maximum atomic E-state index is 12.4. The van der Waals surface area contributed by atoms with Crippen LogP contribution in [0.5, 0.6) is 0 Å². The number of carbonyl (C=O) groups excluding carboxylic acids is 1. The molecular formula is C16H24N6O3. The Kier molecular flexibility index (Phi) is 5.44. The van der Waals surface area contributed by atoms with Crippen LogP contribution in [0.3, 0.4) is 0 Å². The summed E-state index contributed by atoms with van der Waals surface area (Å²) >= 11 is 0. The van der Waals surface area contributed by atoms with Gasteiger partial charge in [-0.3, -0.25) is 23.7 Å². The fourth-order valence-electron chi connectivity index (χ4n) is 3.01. The lowest BCUT2D eigenvalue weighted by atomic mass is 10.2. The molecule has 1 aliphatic rings. The molecule has 0 saturated carbocycles. The lowest BCUT2D eigenvalue weighted by Crippen LogP contribution is -2.46. The zero-order chi connectivity index (χ0) is 17.8. The van der Waals surface area contributed by atoms with Crippen LogP contribution in [0, 0.1) is 0 Å². The predicted octanol–water partition coefficient (Wildman–Crippen LogP) is -0.643. The third kappa shape index (κ3) is 4.23. The molecule has 1 amide bonds. The van der Waals surface area contributed by atoms with Gasteiger partial charge in [-0.1, -0.05) is 0 Å². The molecule has 2 aromatic rings. The maximum Gasteiger partial charge on any atom is 0.264 e. The standard InChI is InChI=1S/C16H24N6O3/c1-12(10-21-5-7-25-8-6-21)19-14(23)3-4-22-11-17-15-13(16(22)24)9-18-20(15)2/h9,11-12H,3-8,10H2,1-2H3,(H,19,23). The summed E-state index contributed by atoms with van der Waals surface area (Å²) in [6.45, 7) is 6.37. The summed E-state index contributed by atoms with van der Waals surface area (Å²) in [6.07, 6.45) is 3.21. The largest absolute Gasteiger partial charge is 0.379 e. The van der Waals surface area contributed by atoms with Crippen molar-refractivity contribution in [2.24, 2.45) is 7.05 Å². The zero-order valence-electron chi connectivity index (χ0n) is 14.6. The third-order valence-corrected chi connectivity index (χ3v) is 4.34. The summed E-state index contributed by atoms with van der Waals surface area (Å²) in [6, 6.07) is 0.0567. The molecule has 0 bridgehead atoms. The van der Waals surface area contributed by atoms with Crippen molar-refractivity contribution in [1.29, 1.82) is 0 Å². The van der Waals surface area contributed by atoms with Crippen LogP contribution in [0.15, 0.2) is 17.3 Å². The molecule has 1 aliphatic heterocycles. The van der Waals surface area contributed by atoms with Crippen molar-refractivity contribution in [3.05, 3.63) is 22.9 Å². The maximum absolute atomic E-state index is 12.4. The third-order valence-electron chi connectivity index (χ3n) is 4.34. The van der Waals surface area contributed by atoms with Crippen LogP contribution >= 0.6 is 0 Å². The fraction of sp³-hybridized carbons (Fsp3) is 0.625. The molecule has 0 aromatic carbocycles. The Labute approximate surface area is 145 Å². The lowest BCUT2D eigenvalue weighted by molar-refractivity contribution is -0.122. The van der Waals surface area contributed by atoms with E-state index in [2.05, 4.69) is 20.3 Å². The highest BCUT2D eigenvalue weighted by Gasteiger charge is 2.15. The van der Waals surface area contributed by atoms with Crippen LogP contribution in [0.2, 0.25) is 0 Å². The monoisotopic (exact) mass is 348 g/mol. The number of amides is 1. The fourth-order valence-corrected chi connectivity index (χ4v) is 3.01. The van der Waals surface area contributed by atoms with Crippen molar-refractivity contribution in [3.63, 3.8) is 0 Å². The molecule has 1 N–H and O–H groups in total. The molecule has 136 valence electrons. The number of ether oxygens (including phenoxy) is 1. The topological polar surface area (TPSA) is 94.3 Å². The van der Waals surface area contributed by atoms with Gasteiger partial charge in [0.1, 0.15) is 5.39 Å². The van der Waals surface area contributed by atoms with E-state index in [-0.39, 0.29) is 23.9 Å². The van der Waals surface area contributed by atoms with Crippen molar-refractivity contribution >= 4 is 16.9 Å². The van der Waals surface area contributed by atoms with E-state index >= 15 is 0 Å². The molecule has 0 radical (unpaired) electrons. The lowest BCUT2D eigenvalue weighted by Gasteiger charge is -2.29. The van der Waals surface area contributed by atoms with E-state index < -0.39 is 0 Å². The van der Waals surface area contributed by atoms with Crippen molar-refractivity contribution in [2.75, 3.05) is 32.8 Å². The number of rotatable bonds is 6. The Morgan fingerprint density at radius 1 is 1.40 bits per heavy atom. The van der Waals surface area contributed by atoms with Gasteiger partial charge in [0.15, 0.2) is 5.65 Å². The van der Waals surface area contributed by atoms with Crippen molar-refractivity contribution < 1.29 is 9.53 Å². The number of hydrogen-bond donors (Lipinski definition) is 1. The van der Waals surface area contributed by atoms with E-state index in [1.165, 1.54) is 17.1 Å². The normalized spacial score (nSPS) is 16.9. The molecule has 3 rings (SSSR count). The first-order valence-corrected chi connectivity index (χ1v) is 8.51. The van der Waals surface area contributed by atoms with Crippen LogP contribution in [0.25, 0.3) is 11.0 Å². The first-order valence-electron chi connectivity index (χ1n) is 8.51. The molecule has 25 heavy (non-hydrogen) atoms. The summed E-state index contributed by atoms with van der Waals surface area (Å²) in [4.78, 5) is 31.0. The van der Waals surface area contributed by atoms with Gasteiger partial charge in [0.05, 0.1) is 25.7 Å². The van der Waals surface area contributed by atoms with E-state index in [0.29, 0.717) is 17.6 Å². The van der Waals surface area contributed by atoms with Gasteiger partial charge in [-0.05, 0) is 6.92 Å². The average Bonchev–Trinajstić information content (AvgIpc) is 2.97. The van der Waals surface area contributed by atoms with Gasteiger partial charge < -0.3 is 10.1 Å². The molecule has 2 aromatic heterocycles. The van der Waals surface area contributed by atoms with Crippen LogP contribution in [-0.2, 0) is 23.1 Å². The van der Waals surface area contributed by atoms with Crippen LogP contribution in [0.1, 0.15) is 13.3 Å². The van der Waals surface area contributed by atoms with E-state index in [4.69, 9.17) is 4.74 Å². The second-order valence-corrected chi connectivity index (χ2v) is 6.38. The van der Waals surface area contributed by atoms with Crippen LogP contribution in [-0.4, -0.2) is 69.0 Å². The number of carbonyl (C=O) groups is 1. The highest BCUT2D eigenvalue weighted by Crippen LogP contribution is 2.03. The minimum atomic E-state index is -0.174. The Morgan fingerprint density at radius 3 is 2.92 bits per heavy atom. The van der Waals surface area contributed by atoms with Gasteiger partial charge in [0, 0.05) is 45.7 Å². The highest BCUT2D eigenvalue weighted by molar-refractivity contribution is 5.76. The quantitative estimate of drug-likeness (QED) is 0.746. The van der Waals surface area contributed by atoms with Gasteiger partial charge in [0.2, 0.25) is 5.91 Å². The SMILES string of the molecule is CC(CN1CCOCC1)NC(=O)CCn1cnc2c(cnn2C)c1=O. The average molecular weight is 348 g/mol. The second kappa shape index (κ2) is 7.75. The number of aryl methyl sites for hydroxylation is 2. The summed E-state index contributed by atoms with van der Waals surface area (Å²) in [5.41, 5.74) is 0.372. The number of hydrogen-bond acceptors (Lipinski definition) is 6. The second-order valence-electron chi connectivity index (χ2n) is 6.38. The molecule has 1 atom stereocenters. The molecule has 1 saturated heterocycles. The predicted molar refractivity (Wildman–Crippen MR) is 92.2 cm³/mol. The molecule has 1 unspecified atom stereocenters. The molecule has 9 nitrogen and oxygen atoms in total. The summed E-state index contributed by atoms with van der Waals surface area (Å²) in [5, 5.41) is 7.48. The van der Waals surface area contributed by atoms with Gasteiger partial charge in [-0.2, -0.15) is 5.10 Å². The number of morpholine rings is 1. The number of fused-ring (bicyclic) bond motifs is 1. The van der Waals surface area contributed by atoms with E-state index in [9.17, 15) is 9.59 Å². The minimum absolute atomic E-state index is 0.0567. The highest BCUT2D eigenvalue weighted by atomic mass is 16.5. The Hall–Kier alpha value is -2.26. The van der Waals surface area contributed by atoms with Crippen LogP contribution < -0.4 is 10.9 Å². The van der Waals surface area contributed by atoms with Crippen LogP contribution in [0.4, 0.5) is 0 Å². The number of aromatic nitrogens is 4. The smallest absolute Gasteiger partial charge is 0.264 e. The molecule has 3 heterocycles. The van der Waals surface area contributed by atoms with E-state index in [0.717, 1.165) is 32.8 Å². The van der Waals surface area contributed by atoms with Gasteiger partial charge in [-0.25, -0.2) is 4.98 Å². The Morgan fingerprint density at radius 2 is 2.16 bits per heavy atom. The molecule has 1 fully saturated rings. The number of nitrogens with one attached hydrogen (secondary N) is 1. The van der Waals surface area contributed by atoms with Gasteiger partial charge in [0.25, 0.3) is 5.56 Å². The van der Waals surface area contributed by atoms with Crippen molar-refractivity contribution in [2.45, 2.75) is 25.9 Å². The molecular weight excluding hydrogens is 324 g/mol. The van der Waals surface area contributed by atoms with Gasteiger partial charge >= 0.3 is 0 Å². The summed E-state index contributed by atoms with van der Waals surface area (Å²) in [5.74, 6) is -0.0704. The van der Waals surface area contributed by atoms with Gasteiger partial charge in [-0.15, -0.1) is 0 Å². The van der Waals surface area contributed by atoms with Crippen molar-refractivity contribution in [3.8, 4) is 0 Å². The minimum Gasteiger partial charge on any atom is -0.379 e. The Bertz CT molecular complexity index is 793.